The van der Waals surface area contributed by atoms with E-state index in [1.54, 1.807) is 0 Å². The first-order valence-electron chi connectivity index (χ1n) is 8.72. The molecule has 2 rings (SSSR count). The second-order valence-electron chi connectivity index (χ2n) is 7.55. The third kappa shape index (κ3) is 6.71. The van der Waals surface area contributed by atoms with Crippen molar-refractivity contribution in [2.45, 2.75) is 33.1 Å². The molecule has 0 amide bonds. The molecule has 0 aromatic heterocycles. The van der Waals surface area contributed by atoms with Crippen LogP contribution in [0.4, 0.5) is 0 Å². The summed E-state index contributed by atoms with van der Waals surface area (Å²) in [4.78, 5) is 7.68. The highest BCUT2D eigenvalue weighted by Gasteiger charge is 2.25. The molecule has 0 fully saturated rings. The van der Waals surface area contributed by atoms with Gasteiger partial charge in [-0.2, -0.15) is 0 Å². The van der Waals surface area contributed by atoms with Crippen LogP contribution >= 0.6 is 0 Å². The molecule has 0 bridgehead atoms. The van der Waals surface area contributed by atoms with E-state index in [-0.39, 0.29) is 5.41 Å². The Morgan fingerprint density at radius 3 is 2.58 bits per heavy atom. The quantitative estimate of drug-likeness (QED) is 0.532. The minimum Gasteiger partial charge on any atom is -0.396 e. The molecule has 0 saturated heterocycles. The second kappa shape index (κ2) is 8.84. The van der Waals surface area contributed by atoms with Crippen molar-refractivity contribution < 1.29 is 4.84 Å². The monoisotopic (exact) mass is 326 g/mol. The number of benzene rings is 1. The fourth-order valence-electron chi connectivity index (χ4n) is 2.93. The SMILES string of the molecule is CN(C)CCCO/N=C1C=C(/C=C/c2ccccc2)CC(C)(C)C/1. The highest BCUT2D eigenvalue weighted by molar-refractivity contribution is 5.97. The number of nitrogens with zero attached hydrogens (tertiary/aromatic N) is 2. The molecule has 0 atom stereocenters. The van der Waals surface area contributed by atoms with Crippen LogP contribution in [0.2, 0.25) is 0 Å². The van der Waals surface area contributed by atoms with E-state index in [0.717, 1.165) is 31.5 Å². The van der Waals surface area contributed by atoms with Crippen LogP contribution < -0.4 is 0 Å². The van der Waals surface area contributed by atoms with Gasteiger partial charge in [0.15, 0.2) is 0 Å². The minimum atomic E-state index is 0.219. The van der Waals surface area contributed by atoms with Crippen molar-refractivity contribution in [2.24, 2.45) is 10.6 Å². The van der Waals surface area contributed by atoms with Gasteiger partial charge in [-0.25, -0.2) is 0 Å². The highest BCUT2D eigenvalue weighted by atomic mass is 16.6. The number of hydrogen-bond acceptors (Lipinski definition) is 3. The molecular weight excluding hydrogens is 296 g/mol. The van der Waals surface area contributed by atoms with E-state index >= 15 is 0 Å². The molecule has 24 heavy (non-hydrogen) atoms. The van der Waals surface area contributed by atoms with Gasteiger partial charge in [-0.3, -0.25) is 0 Å². The van der Waals surface area contributed by atoms with Crippen LogP contribution in [0.15, 0.2) is 53.2 Å². The predicted molar refractivity (Wildman–Crippen MR) is 103 cm³/mol. The lowest BCUT2D eigenvalue weighted by Crippen LogP contribution is -2.22. The molecule has 0 radical (unpaired) electrons. The molecule has 130 valence electrons. The first-order valence-corrected chi connectivity index (χ1v) is 8.72. The number of allylic oxidation sites excluding steroid dienone is 3. The Bertz CT molecular complexity index is 598. The lowest BCUT2D eigenvalue weighted by Gasteiger charge is -2.29. The Morgan fingerprint density at radius 1 is 1.12 bits per heavy atom. The molecule has 1 aliphatic carbocycles. The van der Waals surface area contributed by atoms with Gasteiger partial charge in [0.1, 0.15) is 6.61 Å². The summed E-state index contributed by atoms with van der Waals surface area (Å²) >= 11 is 0. The lowest BCUT2D eigenvalue weighted by molar-refractivity contribution is 0.133. The van der Waals surface area contributed by atoms with Crippen molar-refractivity contribution in [3.05, 3.63) is 53.6 Å². The third-order valence-electron chi connectivity index (χ3n) is 4.01. The van der Waals surface area contributed by atoms with Gasteiger partial charge in [0.2, 0.25) is 0 Å². The van der Waals surface area contributed by atoms with E-state index in [1.807, 2.05) is 6.07 Å². The topological polar surface area (TPSA) is 24.8 Å². The van der Waals surface area contributed by atoms with E-state index in [0.29, 0.717) is 6.61 Å². The van der Waals surface area contributed by atoms with E-state index in [2.05, 4.69) is 80.5 Å². The van der Waals surface area contributed by atoms with Crippen molar-refractivity contribution in [1.82, 2.24) is 4.90 Å². The van der Waals surface area contributed by atoms with E-state index in [1.165, 1.54) is 11.1 Å². The van der Waals surface area contributed by atoms with Crippen molar-refractivity contribution in [1.29, 1.82) is 0 Å². The molecule has 0 N–H and O–H groups in total. The molecule has 0 saturated carbocycles. The maximum Gasteiger partial charge on any atom is 0.118 e. The minimum absolute atomic E-state index is 0.219. The Morgan fingerprint density at radius 2 is 1.88 bits per heavy atom. The molecule has 0 aliphatic heterocycles. The normalized spacial score (nSPS) is 19.0. The molecule has 1 aromatic carbocycles. The molecule has 0 heterocycles. The van der Waals surface area contributed by atoms with Gasteiger partial charge < -0.3 is 9.74 Å². The summed E-state index contributed by atoms with van der Waals surface area (Å²) in [7, 11) is 4.15. The molecule has 0 spiro atoms. The Kier molecular flexibility index (Phi) is 6.80. The summed E-state index contributed by atoms with van der Waals surface area (Å²) in [5.74, 6) is 0. The summed E-state index contributed by atoms with van der Waals surface area (Å²) in [6.07, 6.45) is 9.58. The van der Waals surface area contributed by atoms with Crippen LogP contribution in [-0.4, -0.2) is 37.9 Å². The van der Waals surface area contributed by atoms with E-state index < -0.39 is 0 Å². The van der Waals surface area contributed by atoms with Crippen LogP contribution in [0, 0.1) is 5.41 Å². The first kappa shape index (κ1) is 18.5. The number of oxime groups is 1. The van der Waals surface area contributed by atoms with Crippen LogP contribution in [0.25, 0.3) is 6.08 Å². The smallest absolute Gasteiger partial charge is 0.118 e. The fourth-order valence-corrected chi connectivity index (χ4v) is 2.93. The van der Waals surface area contributed by atoms with Gasteiger partial charge in [-0.15, -0.1) is 0 Å². The molecule has 1 aromatic rings. The lowest BCUT2D eigenvalue weighted by atomic mass is 9.76. The van der Waals surface area contributed by atoms with Crippen molar-refractivity contribution in [3.8, 4) is 0 Å². The van der Waals surface area contributed by atoms with Crippen molar-refractivity contribution in [2.75, 3.05) is 27.2 Å². The third-order valence-corrected chi connectivity index (χ3v) is 4.01. The zero-order valence-electron chi connectivity index (χ0n) is 15.5. The van der Waals surface area contributed by atoms with Gasteiger partial charge in [-0.1, -0.05) is 61.5 Å². The zero-order chi connectivity index (χ0) is 17.4. The summed E-state index contributed by atoms with van der Waals surface area (Å²) in [6.45, 7) is 6.28. The summed E-state index contributed by atoms with van der Waals surface area (Å²) < 4.78 is 0. The van der Waals surface area contributed by atoms with Crippen LogP contribution in [0.1, 0.15) is 38.7 Å². The molecule has 1 aliphatic rings. The maximum absolute atomic E-state index is 5.52. The first-order chi connectivity index (χ1) is 11.4. The maximum atomic E-state index is 5.52. The Hall–Kier alpha value is -1.87. The van der Waals surface area contributed by atoms with Crippen LogP contribution in [-0.2, 0) is 4.84 Å². The van der Waals surface area contributed by atoms with Crippen molar-refractivity contribution >= 4 is 11.8 Å². The number of hydrogen-bond donors (Lipinski definition) is 0. The van der Waals surface area contributed by atoms with Crippen LogP contribution in [0.3, 0.4) is 0 Å². The van der Waals surface area contributed by atoms with Gasteiger partial charge >= 0.3 is 0 Å². The molecular formula is C21H30N2O. The second-order valence-corrected chi connectivity index (χ2v) is 7.55. The highest BCUT2D eigenvalue weighted by Crippen LogP contribution is 2.34. The van der Waals surface area contributed by atoms with Gasteiger partial charge in [0.05, 0.1) is 5.71 Å². The average Bonchev–Trinajstić information content (AvgIpc) is 2.52. The van der Waals surface area contributed by atoms with E-state index in [9.17, 15) is 0 Å². The van der Waals surface area contributed by atoms with E-state index in [4.69, 9.17) is 4.84 Å². The standard InChI is InChI=1S/C21H30N2O/c1-21(2)16-19(12-11-18-9-6-5-7-10-18)15-20(17-21)22-24-14-8-13-23(3)4/h5-7,9-12,15H,8,13-14,16-17H2,1-4H3/b12-11+,22-20-. The van der Waals surface area contributed by atoms with Crippen molar-refractivity contribution in [3.63, 3.8) is 0 Å². The summed E-state index contributed by atoms with van der Waals surface area (Å²) in [6, 6.07) is 10.4. The number of rotatable bonds is 7. The van der Waals surface area contributed by atoms with Gasteiger partial charge in [-0.05, 0) is 56.0 Å². The molecule has 3 heteroatoms. The van der Waals surface area contributed by atoms with Crippen LogP contribution in [0.5, 0.6) is 0 Å². The fraction of sp³-hybridized carbons (Fsp3) is 0.476. The van der Waals surface area contributed by atoms with Gasteiger partial charge in [0.25, 0.3) is 0 Å². The molecule has 0 unspecified atom stereocenters. The molecule has 3 nitrogen and oxygen atoms in total. The summed E-state index contributed by atoms with van der Waals surface area (Å²) in [5, 5.41) is 4.37. The average molecular weight is 326 g/mol. The predicted octanol–water partition coefficient (Wildman–Crippen LogP) is 4.77. The zero-order valence-corrected chi connectivity index (χ0v) is 15.5. The summed E-state index contributed by atoms with van der Waals surface area (Å²) in [5.41, 5.74) is 3.80. The van der Waals surface area contributed by atoms with Gasteiger partial charge in [0, 0.05) is 6.54 Å². The Balaban J connectivity index is 1.99. The largest absolute Gasteiger partial charge is 0.396 e. The Labute approximate surface area is 146 Å².